The Balaban J connectivity index is 2.24. The van der Waals surface area contributed by atoms with Gasteiger partial charge < -0.3 is 10.4 Å². The summed E-state index contributed by atoms with van der Waals surface area (Å²) < 4.78 is 0. The molecule has 1 aromatic carbocycles. The molecule has 0 fully saturated rings. The highest BCUT2D eigenvalue weighted by Gasteiger charge is 2.17. The van der Waals surface area contributed by atoms with Crippen molar-refractivity contribution in [2.75, 3.05) is 0 Å². The molecule has 2 N–H and O–H groups in total. The normalized spacial score (nSPS) is 13.7. The predicted octanol–water partition coefficient (Wildman–Crippen LogP) is 2.62. The average molecular weight is 270 g/mol. The number of benzene rings is 1. The van der Waals surface area contributed by atoms with Crippen LogP contribution >= 0.6 is 0 Å². The summed E-state index contributed by atoms with van der Waals surface area (Å²) in [7, 11) is 0. The summed E-state index contributed by atoms with van der Waals surface area (Å²) in [6.07, 6.45) is 3.58. The Labute approximate surface area is 118 Å². The summed E-state index contributed by atoms with van der Waals surface area (Å²) in [5, 5.41) is 12.3. The van der Waals surface area contributed by atoms with E-state index in [2.05, 4.69) is 10.3 Å². The van der Waals surface area contributed by atoms with E-state index in [0.717, 1.165) is 11.1 Å². The van der Waals surface area contributed by atoms with E-state index < -0.39 is 5.97 Å². The number of nitrogens with zero attached hydrogens (tertiary/aromatic N) is 1. The van der Waals surface area contributed by atoms with Crippen molar-refractivity contribution >= 4 is 5.97 Å². The van der Waals surface area contributed by atoms with Gasteiger partial charge in [0, 0.05) is 18.4 Å². The highest BCUT2D eigenvalue weighted by Crippen LogP contribution is 2.22. The van der Waals surface area contributed by atoms with Crippen molar-refractivity contribution in [3.05, 3.63) is 66.0 Å². The second-order valence-electron chi connectivity index (χ2n) is 4.79. The van der Waals surface area contributed by atoms with Crippen LogP contribution in [0.15, 0.2) is 54.9 Å². The smallest absolute Gasteiger partial charge is 0.304 e. The summed E-state index contributed by atoms with van der Waals surface area (Å²) in [6.45, 7) is 1.88. The number of nitrogens with one attached hydrogen (secondary N) is 1. The predicted molar refractivity (Wildman–Crippen MR) is 77.4 cm³/mol. The van der Waals surface area contributed by atoms with Gasteiger partial charge in [-0.1, -0.05) is 30.3 Å². The third-order valence-electron chi connectivity index (χ3n) is 3.10. The van der Waals surface area contributed by atoms with E-state index in [1.54, 1.807) is 12.4 Å². The van der Waals surface area contributed by atoms with Crippen molar-refractivity contribution in [3.8, 4) is 0 Å². The van der Waals surface area contributed by atoms with E-state index in [4.69, 9.17) is 5.11 Å². The Morgan fingerprint density at radius 2 is 1.75 bits per heavy atom. The molecule has 0 aliphatic carbocycles. The third kappa shape index (κ3) is 3.90. The number of aromatic nitrogens is 1. The fourth-order valence-corrected chi connectivity index (χ4v) is 2.19. The van der Waals surface area contributed by atoms with Gasteiger partial charge in [0.15, 0.2) is 0 Å². The molecule has 0 spiro atoms. The fraction of sp³-hybridized carbons (Fsp3) is 0.250. The van der Waals surface area contributed by atoms with E-state index in [1.165, 1.54) is 0 Å². The zero-order valence-electron chi connectivity index (χ0n) is 11.4. The highest BCUT2D eigenvalue weighted by atomic mass is 16.4. The van der Waals surface area contributed by atoms with E-state index in [1.807, 2.05) is 49.4 Å². The molecule has 0 saturated heterocycles. The van der Waals surface area contributed by atoms with Crippen LogP contribution in [0.1, 0.15) is 30.5 Å². The van der Waals surface area contributed by atoms with Gasteiger partial charge in [-0.3, -0.25) is 9.78 Å². The van der Waals surface area contributed by atoms with Crippen LogP contribution < -0.4 is 5.32 Å². The van der Waals surface area contributed by atoms with Gasteiger partial charge in [-0.05, 0) is 30.2 Å². The van der Waals surface area contributed by atoms with Crippen molar-refractivity contribution < 1.29 is 9.90 Å². The molecular formula is C16H18N2O2. The SMILES string of the molecule is CC(CC(=O)O)NC(c1ccccc1)c1ccncc1. The molecule has 0 aliphatic heterocycles. The summed E-state index contributed by atoms with van der Waals surface area (Å²) >= 11 is 0. The molecule has 4 nitrogen and oxygen atoms in total. The number of hydrogen-bond acceptors (Lipinski definition) is 3. The topological polar surface area (TPSA) is 62.2 Å². The third-order valence-corrected chi connectivity index (χ3v) is 3.10. The molecule has 2 unspecified atom stereocenters. The lowest BCUT2D eigenvalue weighted by Crippen LogP contribution is -2.33. The molecule has 104 valence electrons. The Morgan fingerprint density at radius 3 is 2.35 bits per heavy atom. The molecule has 0 aliphatic rings. The first-order valence-corrected chi connectivity index (χ1v) is 6.59. The molecule has 0 bridgehead atoms. The number of pyridine rings is 1. The zero-order valence-corrected chi connectivity index (χ0v) is 11.4. The first-order chi connectivity index (χ1) is 9.66. The zero-order chi connectivity index (χ0) is 14.4. The minimum absolute atomic E-state index is 0.0338. The van der Waals surface area contributed by atoms with Gasteiger partial charge in [-0.25, -0.2) is 0 Å². The van der Waals surface area contributed by atoms with Gasteiger partial charge in [0.25, 0.3) is 0 Å². The van der Waals surface area contributed by atoms with E-state index in [0.29, 0.717) is 0 Å². The molecule has 2 rings (SSSR count). The number of aliphatic carboxylic acids is 1. The van der Waals surface area contributed by atoms with E-state index in [9.17, 15) is 4.79 Å². The lowest BCUT2D eigenvalue weighted by Gasteiger charge is -2.23. The first-order valence-electron chi connectivity index (χ1n) is 6.59. The molecule has 0 radical (unpaired) electrons. The average Bonchev–Trinajstić information content (AvgIpc) is 2.46. The van der Waals surface area contributed by atoms with Gasteiger partial charge in [0.05, 0.1) is 12.5 Å². The summed E-state index contributed by atoms with van der Waals surface area (Å²) in [5.41, 5.74) is 2.18. The summed E-state index contributed by atoms with van der Waals surface area (Å²) in [6, 6.07) is 13.7. The molecule has 0 saturated carbocycles. The number of carboxylic acid groups (broad SMARTS) is 1. The maximum atomic E-state index is 10.8. The van der Waals surface area contributed by atoms with Crippen molar-refractivity contribution in [1.29, 1.82) is 0 Å². The van der Waals surface area contributed by atoms with Crippen LogP contribution in [-0.2, 0) is 4.79 Å². The number of carbonyl (C=O) groups is 1. The maximum Gasteiger partial charge on any atom is 0.304 e. The Hall–Kier alpha value is -2.20. The summed E-state index contributed by atoms with van der Waals surface area (Å²) in [4.78, 5) is 14.8. The fourth-order valence-electron chi connectivity index (χ4n) is 2.19. The standard InChI is InChI=1S/C16H18N2O2/c1-12(11-15(19)20)18-16(13-5-3-2-4-6-13)14-7-9-17-10-8-14/h2-10,12,16,18H,11H2,1H3,(H,19,20). The summed E-state index contributed by atoms with van der Waals surface area (Å²) in [5.74, 6) is -0.799. The number of carboxylic acids is 1. The molecule has 20 heavy (non-hydrogen) atoms. The Morgan fingerprint density at radius 1 is 1.15 bits per heavy atom. The first kappa shape index (κ1) is 14.2. The van der Waals surface area contributed by atoms with Crippen molar-refractivity contribution in [1.82, 2.24) is 10.3 Å². The monoisotopic (exact) mass is 270 g/mol. The lowest BCUT2D eigenvalue weighted by atomic mass is 9.98. The minimum Gasteiger partial charge on any atom is -0.481 e. The van der Waals surface area contributed by atoms with Gasteiger partial charge >= 0.3 is 5.97 Å². The molecule has 4 heteroatoms. The van der Waals surface area contributed by atoms with Crippen LogP contribution in [0, 0.1) is 0 Å². The Bertz CT molecular complexity index is 503. The van der Waals surface area contributed by atoms with Crippen LogP contribution in [0.25, 0.3) is 0 Å². The maximum absolute atomic E-state index is 10.8. The van der Waals surface area contributed by atoms with Crippen LogP contribution in [0.4, 0.5) is 0 Å². The lowest BCUT2D eigenvalue weighted by molar-refractivity contribution is -0.137. The molecular weight excluding hydrogens is 252 g/mol. The second-order valence-corrected chi connectivity index (χ2v) is 4.79. The van der Waals surface area contributed by atoms with Gasteiger partial charge in [-0.15, -0.1) is 0 Å². The molecule has 0 amide bonds. The molecule has 2 aromatic rings. The van der Waals surface area contributed by atoms with Crippen LogP contribution in [-0.4, -0.2) is 22.1 Å². The van der Waals surface area contributed by atoms with Gasteiger partial charge in [0.2, 0.25) is 0 Å². The van der Waals surface area contributed by atoms with Crippen LogP contribution in [0.5, 0.6) is 0 Å². The van der Waals surface area contributed by atoms with Gasteiger partial charge in [-0.2, -0.15) is 0 Å². The molecule has 1 aromatic heterocycles. The quantitative estimate of drug-likeness (QED) is 0.847. The number of rotatable bonds is 6. The van der Waals surface area contributed by atoms with Crippen LogP contribution in [0.3, 0.4) is 0 Å². The Kier molecular flexibility index (Phi) is 4.85. The van der Waals surface area contributed by atoms with E-state index in [-0.39, 0.29) is 18.5 Å². The molecule has 1 heterocycles. The van der Waals surface area contributed by atoms with Crippen molar-refractivity contribution in [2.45, 2.75) is 25.4 Å². The number of hydrogen-bond donors (Lipinski definition) is 2. The van der Waals surface area contributed by atoms with E-state index >= 15 is 0 Å². The second kappa shape index (κ2) is 6.82. The highest BCUT2D eigenvalue weighted by molar-refractivity contribution is 5.67. The minimum atomic E-state index is -0.799. The molecule has 2 atom stereocenters. The largest absolute Gasteiger partial charge is 0.481 e. The van der Waals surface area contributed by atoms with Crippen molar-refractivity contribution in [2.24, 2.45) is 0 Å². The van der Waals surface area contributed by atoms with Crippen LogP contribution in [0.2, 0.25) is 0 Å². The van der Waals surface area contributed by atoms with Gasteiger partial charge in [0.1, 0.15) is 0 Å². The van der Waals surface area contributed by atoms with Crippen molar-refractivity contribution in [3.63, 3.8) is 0 Å².